The second-order valence-electron chi connectivity index (χ2n) is 3.38. The highest BCUT2D eigenvalue weighted by Gasteiger charge is 2.04. The maximum absolute atomic E-state index is 11.4. The highest BCUT2D eigenvalue weighted by atomic mass is 127. The van der Waals surface area contributed by atoms with E-state index in [1.165, 1.54) is 0 Å². The zero-order valence-electron chi connectivity index (χ0n) is 8.47. The van der Waals surface area contributed by atoms with Gasteiger partial charge in [0.25, 0.3) is 0 Å². The number of amides is 2. The Kier molecular flexibility index (Phi) is 4.85. The molecular formula is C10H12BrIN2O. The van der Waals surface area contributed by atoms with E-state index in [1.54, 1.807) is 0 Å². The molecule has 0 fully saturated rings. The lowest BCUT2D eigenvalue weighted by molar-refractivity contribution is 0.250. The van der Waals surface area contributed by atoms with Crippen molar-refractivity contribution in [1.29, 1.82) is 0 Å². The van der Waals surface area contributed by atoms with E-state index in [4.69, 9.17) is 0 Å². The molecule has 0 saturated heterocycles. The first-order chi connectivity index (χ1) is 6.99. The van der Waals surface area contributed by atoms with Crippen LogP contribution in [-0.2, 0) is 0 Å². The van der Waals surface area contributed by atoms with Crippen molar-refractivity contribution in [3.8, 4) is 0 Å². The van der Waals surface area contributed by atoms with Crippen molar-refractivity contribution in [3.05, 3.63) is 26.2 Å². The Morgan fingerprint density at radius 2 is 2.13 bits per heavy atom. The zero-order chi connectivity index (χ0) is 11.4. The molecule has 1 aromatic carbocycles. The second-order valence-corrected chi connectivity index (χ2v) is 5.40. The fraction of sp³-hybridized carbons (Fsp3) is 0.300. The van der Waals surface area contributed by atoms with Gasteiger partial charge in [-0.15, -0.1) is 0 Å². The van der Waals surface area contributed by atoms with Gasteiger partial charge in [0.05, 0.1) is 0 Å². The highest BCUT2D eigenvalue weighted by Crippen LogP contribution is 2.22. The molecule has 0 aliphatic carbocycles. The molecule has 0 saturated carbocycles. The van der Waals surface area contributed by atoms with Gasteiger partial charge in [0, 0.05) is 19.8 Å². The average Bonchev–Trinajstić information content (AvgIpc) is 2.10. The summed E-state index contributed by atoms with van der Waals surface area (Å²) in [5, 5.41) is 5.53. The van der Waals surface area contributed by atoms with Crippen LogP contribution in [0.3, 0.4) is 0 Å². The molecule has 0 unspecified atom stereocenters. The van der Waals surface area contributed by atoms with Crippen LogP contribution < -0.4 is 10.6 Å². The number of urea groups is 1. The van der Waals surface area contributed by atoms with E-state index in [-0.39, 0.29) is 12.1 Å². The number of carbonyl (C=O) groups is 1. The van der Waals surface area contributed by atoms with Crippen molar-refractivity contribution in [1.82, 2.24) is 5.32 Å². The molecule has 1 aromatic rings. The van der Waals surface area contributed by atoms with Gasteiger partial charge in [-0.3, -0.25) is 0 Å². The molecule has 0 aliphatic heterocycles. The Balaban J connectivity index is 2.65. The summed E-state index contributed by atoms with van der Waals surface area (Å²) in [6.07, 6.45) is 0. The third-order valence-electron chi connectivity index (χ3n) is 1.60. The standard InChI is InChI=1S/C10H12BrIN2O/c1-6(2)13-10(15)14-7-3-4-8(11)9(12)5-7/h3-6H,1-2H3,(H2,13,14,15). The van der Waals surface area contributed by atoms with Crippen molar-refractivity contribution in [2.75, 3.05) is 5.32 Å². The maximum atomic E-state index is 11.4. The fourth-order valence-corrected chi connectivity index (χ4v) is 1.77. The maximum Gasteiger partial charge on any atom is 0.319 e. The van der Waals surface area contributed by atoms with Crippen LogP contribution in [-0.4, -0.2) is 12.1 Å². The first kappa shape index (κ1) is 12.8. The summed E-state index contributed by atoms with van der Waals surface area (Å²) in [6.45, 7) is 3.84. The number of benzene rings is 1. The summed E-state index contributed by atoms with van der Waals surface area (Å²) in [5.74, 6) is 0. The largest absolute Gasteiger partial charge is 0.336 e. The Bertz CT molecular complexity index is 368. The third-order valence-corrected chi connectivity index (χ3v) is 3.92. The van der Waals surface area contributed by atoms with Crippen LogP contribution in [0.15, 0.2) is 22.7 Å². The van der Waals surface area contributed by atoms with E-state index >= 15 is 0 Å². The smallest absolute Gasteiger partial charge is 0.319 e. The second kappa shape index (κ2) is 5.69. The summed E-state index contributed by atoms with van der Waals surface area (Å²) >= 11 is 5.60. The molecule has 0 aromatic heterocycles. The lowest BCUT2D eigenvalue weighted by Crippen LogP contribution is -2.34. The van der Waals surface area contributed by atoms with E-state index in [0.717, 1.165) is 13.7 Å². The number of nitrogens with one attached hydrogen (secondary N) is 2. The van der Waals surface area contributed by atoms with E-state index in [2.05, 4.69) is 49.2 Å². The number of carbonyl (C=O) groups excluding carboxylic acids is 1. The van der Waals surface area contributed by atoms with Crippen LogP contribution >= 0.6 is 38.5 Å². The molecule has 2 amide bonds. The number of hydrogen-bond donors (Lipinski definition) is 2. The molecule has 15 heavy (non-hydrogen) atoms. The molecule has 0 aliphatic rings. The quantitative estimate of drug-likeness (QED) is 0.754. The van der Waals surface area contributed by atoms with Gasteiger partial charge < -0.3 is 10.6 Å². The first-order valence-electron chi connectivity index (χ1n) is 4.51. The predicted molar refractivity (Wildman–Crippen MR) is 74.1 cm³/mol. The van der Waals surface area contributed by atoms with Crippen LogP contribution in [0.4, 0.5) is 10.5 Å². The van der Waals surface area contributed by atoms with Crippen molar-refractivity contribution < 1.29 is 4.79 Å². The molecular weight excluding hydrogens is 371 g/mol. The highest BCUT2D eigenvalue weighted by molar-refractivity contribution is 14.1. The third kappa shape index (κ3) is 4.38. The SMILES string of the molecule is CC(C)NC(=O)Nc1ccc(Br)c(I)c1. The van der Waals surface area contributed by atoms with Crippen LogP contribution in [0, 0.1) is 3.57 Å². The van der Waals surface area contributed by atoms with Crippen molar-refractivity contribution >= 4 is 50.2 Å². The summed E-state index contributed by atoms with van der Waals surface area (Å²) in [7, 11) is 0. The number of halogens is 2. The molecule has 3 nitrogen and oxygen atoms in total. The Hall–Kier alpha value is -0.300. The van der Waals surface area contributed by atoms with Gasteiger partial charge in [0.15, 0.2) is 0 Å². The summed E-state index contributed by atoms with van der Waals surface area (Å²) in [4.78, 5) is 11.4. The van der Waals surface area contributed by atoms with Crippen molar-refractivity contribution in [2.24, 2.45) is 0 Å². The van der Waals surface area contributed by atoms with Crippen LogP contribution in [0.2, 0.25) is 0 Å². The van der Waals surface area contributed by atoms with Gasteiger partial charge in [-0.25, -0.2) is 4.79 Å². The molecule has 5 heteroatoms. The Labute approximate surface area is 111 Å². The number of hydrogen-bond acceptors (Lipinski definition) is 1. The van der Waals surface area contributed by atoms with Crippen LogP contribution in [0.25, 0.3) is 0 Å². The summed E-state index contributed by atoms with van der Waals surface area (Å²) < 4.78 is 2.09. The normalized spacial score (nSPS) is 10.2. The zero-order valence-corrected chi connectivity index (χ0v) is 12.2. The monoisotopic (exact) mass is 382 g/mol. The van der Waals surface area contributed by atoms with Gasteiger partial charge in [-0.2, -0.15) is 0 Å². The van der Waals surface area contributed by atoms with Crippen molar-refractivity contribution in [3.63, 3.8) is 0 Å². The molecule has 2 N–H and O–H groups in total. The average molecular weight is 383 g/mol. The minimum atomic E-state index is -0.178. The number of rotatable bonds is 2. The first-order valence-corrected chi connectivity index (χ1v) is 6.39. The molecule has 82 valence electrons. The van der Waals surface area contributed by atoms with Gasteiger partial charge in [0.2, 0.25) is 0 Å². The summed E-state index contributed by atoms with van der Waals surface area (Å²) in [6, 6.07) is 5.63. The molecule has 0 heterocycles. The Morgan fingerprint density at radius 1 is 1.47 bits per heavy atom. The van der Waals surface area contributed by atoms with E-state index < -0.39 is 0 Å². The van der Waals surface area contributed by atoms with Crippen LogP contribution in [0.5, 0.6) is 0 Å². The molecule has 1 rings (SSSR count). The molecule has 0 spiro atoms. The molecule has 0 bridgehead atoms. The van der Waals surface area contributed by atoms with E-state index in [0.29, 0.717) is 0 Å². The van der Waals surface area contributed by atoms with Gasteiger partial charge in [-0.05, 0) is 70.6 Å². The Morgan fingerprint density at radius 3 is 2.67 bits per heavy atom. The van der Waals surface area contributed by atoms with Gasteiger partial charge in [-0.1, -0.05) is 0 Å². The summed E-state index contributed by atoms with van der Waals surface area (Å²) in [5.41, 5.74) is 0.792. The molecule has 0 radical (unpaired) electrons. The topological polar surface area (TPSA) is 41.1 Å². The lowest BCUT2D eigenvalue weighted by Gasteiger charge is -2.10. The van der Waals surface area contributed by atoms with E-state index in [1.807, 2.05) is 32.0 Å². The van der Waals surface area contributed by atoms with Gasteiger partial charge in [0.1, 0.15) is 0 Å². The van der Waals surface area contributed by atoms with Gasteiger partial charge >= 0.3 is 6.03 Å². The lowest BCUT2D eigenvalue weighted by atomic mass is 10.3. The minimum Gasteiger partial charge on any atom is -0.336 e. The number of anilines is 1. The predicted octanol–water partition coefficient (Wildman–Crippen LogP) is 3.58. The molecule has 0 atom stereocenters. The van der Waals surface area contributed by atoms with Crippen molar-refractivity contribution in [2.45, 2.75) is 19.9 Å². The van der Waals surface area contributed by atoms with E-state index in [9.17, 15) is 4.79 Å². The van der Waals surface area contributed by atoms with Crippen LogP contribution in [0.1, 0.15) is 13.8 Å². The fourth-order valence-electron chi connectivity index (χ4n) is 1.00. The minimum absolute atomic E-state index is 0.138.